The molecule has 6 nitrogen and oxygen atoms in total. The lowest BCUT2D eigenvalue weighted by atomic mass is 9.96. The van der Waals surface area contributed by atoms with Gasteiger partial charge in [0.05, 0.1) is 28.8 Å². The summed E-state index contributed by atoms with van der Waals surface area (Å²) < 4.78 is 5.14. The minimum atomic E-state index is -0.879. The quantitative estimate of drug-likeness (QED) is 0.340. The number of nitrogens with zero attached hydrogens (tertiary/aromatic N) is 2. The van der Waals surface area contributed by atoms with Gasteiger partial charge in [0.15, 0.2) is 5.75 Å². The molecule has 0 spiro atoms. The lowest BCUT2D eigenvalue weighted by Crippen LogP contribution is -2.29. The molecule has 1 aliphatic rings. The van der Waals surface area contributed by atoms with E-state index in [2.05, 4.69) is 4.98 Å². The number of pyridine rings is 1. The average molecular weight is 455 g/mol. The zero-order valence-corrected chi connectivity index (χ0v) is 17.8. The third-order valence-electron chi connectivity index (χ3n) is 4.95. The molecule has 1 saturated heterocycles. The third-order valence-corrected chi connectivity index (χ3v) is 5.52. The molecular weight excluding hydrogens is 439 g/mol. The Hall–Kier alpha value is -3.35. The number of methoxy groups -OCH3 is 1. The van der Waals surface area contributed by atoms with Crippen molar-refractivity contribution in [2.24, 2.45) is 0 Å². The first kappa shape index (κ1) is 20.9. The number of anilines is 1. The van der Waals surface area contributed by atoms with Gasteiger partial charge in [0, 0.05) is 23.6 Å². The normalized spacial score (nSPS) is 17.8. The zero-order valence-electron chi connectivity index (χ0n) is 16.3. The Labute approximate surface area is 188 Å². The van der Waals surface area contributed by atoms with Crippen molar-refractivity contribution in [1.29, 1.82) is 0 Å². The van der Waals surface area contributed by atoms with E-state index in [9.17, 15) is 14.7 Å². The number of ether oxygens (including phenoxy) is 1. The first-order valence-electron chi connectivity index (χ1n) is 9.23. The summed E-state index contributed by atoms with van der Waals surface area (Å²) in [5.74, 6) is -1.73. The second-order valence-electron chi connectivity index (χ2n) is 6.76. The molecule has 0 radical (unpaired) electrons. The van der Waals surface area contributed by atoms with Crippen LogP contribution in [0, 0.1) is 0 Å². The number of carbonyl (C=O) groups excluding carboxylic acids is 2. The Morgan fingerprint density at radius 2 is 1.74 bits per heavy atom. The van der Waals surface area contributed by atoms with Gasteiger partial charge in [-0.25, -0.2) is 0 Å². The number of rotatable bonds is 4. The van der Waals surface area contributed by atoms with Crippen molar-refractivity contribution >= 4 is 46.3 Å². The van der Waals surface area contributed by atoms with Crippen molar-refractivity contribution in [3.63, 3.8) is 0 Å². The first-order valence-corrected chi connectivity index (χ1v) is 9.99. The fourth-order valence-electron chi connectivity index (χ4n) is 3.59. The van der Waals surface area contributed by atoms with Gasteiger partial charge in [0.1, 0.15) is 5.76 Å². The van der Waals surface area contributed by atoms with Gasteiger partial charge in [-0.2, -0.15) is 0 Å². The number of ketones is 1. The van der Waals surface area contributed by atoms with Gasteiger partial charge in [0.25, 0.3) is 11.7 Å². The number of aliphatic hydroxyl groups excluding tert-OH is 1. The second kappa shape index (κ2) is 8.41. The summed E-state index contributed by atoms with van der Waals surface area (Å²) in [6, 6.07) is 14.2. The number of Topliss-reactive ketones (excluding diaryl/α,β-unsaturated/α-hetero) is 1. The molecule has 0 bridgehead atoms. The van der Waals surface area contributed by atoms with E-state index < -0.39 is 23.5 Å². The molecule has 1 aliphatic heterocycles. The highest BCUT2D eigenvalue weighted by Crippen LogP contribution is 2.43. The SMILES string of the molecule is COc1c(Cl)cc(/C(O)=C2\C(=O)C(=O)N(c3ccccc3)C2c2cccnc2)cc1Cl. The Bertz CT molecular complexity index is 1170. The van der Waals surface area contributed by atoms with Gasteiger partial charge in [-0.1, -0.05) is 47.5 Å². The van der Waals surface area contributed by atoms with Crippen molar-refractivity contribution in [3.8, 4) is 5.75 Å². The lowest BCUT2D eigenvalue weighted by molar-refractivity contribution is -0.132. The van der Waals surface area contributed by atoms with Crippen LogP contribution in [0.3, 0.4) is 0 Å². The number of hydrogen-bond acceptors (Lipinski definition) is 5. The third kappa shape index (κ3) is 3.65. The van der Waals surface area contributed by atoms with E-state index >= 15 is 0 Å². The number of halogens is 2. The summed E-state index contributed by atoms with van der Waals surface area (Å²) in [5, 5.41) is 11.4. The van der Waals surface area contributed by atoms with Gasteiger partial charge in [-0.15, -0.1) is 0 Å². The molecule has 3 aromatic rings. The van der Waals surface area contributed by atoms with Crippen LogP contribution >= 0.6 is 23.2 Å². The average Bonchev–Trinajstić information content (AvgIpc) is 3.05. The number of amides is 1. The number of benzene rings is 2. The van der Waals surface area contributed by atoms with Gasteiger partial charge < -0.3 is 9.84 Å². The molecule has 1 aromatic heterocycles. The monoisotopic (exact) mass is 454 g/mol. The van der Waals surface area contributed by atoms with E-state index in [-0.39, 0.29) is 26.9 Å². The molecule has 1 unspecified atom stereocenters. The molecule has 31 heavy (non-hydrogen) atoms. The predicted octanol–water partition coefficient (Wildman–Crippen LogP) is 5.02. The van der Waals surface area contributed by atoms with Crippen LogP contribution in [0.2, 0.25) is 10.0 Å². The maximum Gasteiger partial charge on any atom is 0.300 e. The fraction of sp³-hybridized carbons (Fsp3) is 0.0870. The molecule has 8 heteroatoms. The van der Waals surface area contributed by atoms with Gasteiger partial charge in [-0.3, -0.25) is 19.5 Å². The lowest BCUT2D eigenvalue weighted by Gasteiger charge is -2.25. The van der Waals surface area contributed by atoms with E-state index in [0.29, 0.717) is 11.3 Å². The summed E-state index contributed by atoms with van der Waals surface area (Å²) in [6.07, 6.45) is 3.13. The molecule has 4 rings (SSSR count). The smallest absolute Gasteiger partial charge is 0.300 e. The summed E-state index contributed by atoms with van der Waals surface area (Å²) in [7, 11) is 1.42. The Kier molecular flexibility index (Phi) is 5.67. The van der Waals surface area contributed by atoms with Gasteiger partial charge in [-0.05, 0) is 35.9 Å². The highest BCUT2D eigenvalue weighted by molar-refractivity contribution is 6.51. The highest BCUT2D eigenvalue weighted by atomic mass is 35.5. The molecule has 2 aromatic carbocycles. The van der Waals surface area contributed by atoms with Crippen LogP contribution < -0.4 is 9.64 Å². The van der Waals surface area contributed by atoms with Gasteiger partial charge >= 0.3 is 0 Å². The summed E-state index contributed by atoms with van der Waals surface area (Å²) in [5.41, 5.74) is 1.19. The highest BCUT2D eigenvalue weighted by Gasteiger charge is 2.47. The van der Waals surface area contributed by atoms with Crippen molar-refractivity contribution in [2.75, 3.05) is 12.0 Å². The fourth-order valence-corrected chi connectivity index (χ4v) is 4.23. The minimum Gasteiger partial charge on any atom is -0.507 e. The first-order chi connectivity index (χ1) is 14.9. The van der Waals surface area contributed by atoms with Crippen LogP contribution in [0.15, 0.2) is 72.6 Å². The number of aliphatic hydroxyl groups is 1. The molecule has 156 valence electrons. The molecule has 0 saturated carbocycles. The van der Waals surface area contributed by atoms with Gasteiger partial charge in [0.2, 0.25) is 0 Å². The van der Waals surface area contributed by atoms with Crippen molar-refractivity contribution in [1.82, 2.24) is 4.98 Å². The molecule has 1 fully saturated rings. The zero-order chi connectivity index (χ0) is 22.1. The van der Waals surface area contributed by atoms with Crippen LogP contribution in [-0.4, -0.2) is 28.9 Å². The van der Waals surface area contributed by atoms with Crippen molar-refractivity contribution in [3.05, 3.63) is 93.7 Å². The van der Waals surface area contributed by atoms with E-state index in [4.69, 9.17) is 27.9 Å². The predicted molar refractivity (Wildman–Crippen MR) is 118 cm³/mol. The van der Waals surface area contributed by atoms with E-state index in [0.717, 1.165) is 0 Å². The van der Waals surface area contributed by atoms with Crippen molar-refractivity contribution in [2.45, 2.75) is 6.04 Å². The van der Waals surface area contributed by atoms with Crippen LogP contribution in [-0.2, 0) is 9.59 Å². The van der Waals surface area contributed by atoms with E-state index in [1.54, 1.807) is 54.9 Å². The molecule has 0 aliphatic carbocycles. The maximum absolute atomic E-state index is 13.1. The molecule has 1 amide bonds. The minimum absolute atomic E-state index is 0.0841. The molecule has 2 heterocycles. The number of carbonyl (C=O) groups is 2. The van der Waals surface area contributed by atoms with E-state index in [1.807, 2.05) is 0 Å². The topological polar surface area (TPSA) is 79.7 Å². The van der Waals surface area contributed by atoms with Crippen LogP contribution in [0.5, 0.6) is 5.75 Å². The molecular formula is C23H16Cl2N2O4. The Morgan fingerprint density at radius 3 is 2.32 bits per heavy atom. The van der Waals surface area contributed by atoms with Crippen LogP contribution in [0.4, 0.5) is 5.69 Å². The van der Waals surface area contributed by atoms with Crippen molar-refractivity contribution < 1.29 is 19.4 Å². The Morgan fingerprint density at radius 1 is 1.06 bits per heavy atom. The molecule has 1 atom stereocenters. The molecule has 1 N–H and O–H groups in total. The summed E-state index contributed by atoms with van der Waals surface area (Å²) >= 11 is 12.4. The second-order valence-corrected chi connectivity index (χ2v) is 7.58. The van der Waals surface area contributed by atoms with Crippen LogP contribution in [0.25, 0.3) is 5.76 Å². The number of aromatic nitrogens is 1. The maximum atomic E-state index is 13.1. The largest absolute Gasteiger partial charge is 0.507 e. The number of hydrogen-bond donors (Lipinski definition) is 1. The van der Waals surface area contributed by atoms with Crippen LogP contribution in [0.1, 0.15) is 17.2 Å². The number of para-hydroxylation sites is 1. The summed E-state index contributed by atoms with van der Waals surface area (Å²) in [4.78, 5) is 31.5. The summed E-state index contributed by atoms with van der Waals surface area (Å²) in [6.45, 7) is 0. The Balaban J connectivity index is 1.95. The van der Waals surface area contributed by atoms with E-state index in [1.165, 1.54) is 24.1 Å². The standard InChI is InChI=1S/C23H16Cl2N2O4/c1-31-22-16(24)10-14(11-17(22)25)20(28)18-19(13-6-5-9-26-12-13)27(23(30)21(18)29)15-7-3-2-4-8-15/h2-12,19,28H,1H3/b20-18+.